The Kier molecular flexibility index (Phi) is 6.03. The van der Waals surface area contributed by atoms with Gasteiger partial charge >= 0.3 is 0 Å². The number of likely N-dealkylation sites (tertiary alicyclic amines) is 1. The van der Waals surface area contributed by atoms with E-state index in [1.165, 1.54) is 19.3 Å². The smallest absolute Gasteiger partial charge is 0.242 e. The van der Waals surface area contributed by atoms with Gasteiger partial charge in [-0.3, -0.25) is 9.59 Å². The van der Waals surface area contributed by atoms with Crippen molar-refractivity contribution in [2.75, 3.05) is 13.1 Å². The van der Waals surface area contributed by atoms with Gasteiger partial charge in [0.2, 0.25) is 11.8 Å². The Morgan fingerprint density at radius 2 is 2.05 bits per heavy atom. The number of carbonyl (C=O) groups is 2. The maximum Gasteiger partial charge on any atom is 0.242 e. The van der Waals surface area contributed by atoms with Gasteiger partial charge in [-0.15, -0.1) is 0 Å². The lowest BCUT2D eigenvalue weighted by atomic mass is 9.85. The van der Waals surface area contributed by atoms with Crippen LogP contribution in [0, 0.1) is 5.92 Å². The summed E-state index contributed by atoms with van der Waals surface area (Å²) in [5, 5.41) is 13.0. The summed E-state index contributed by atoms with van der Waals surface area (Å²) >= 11 is 0. The van der Waals surface area contributed by atoms with Crippen LogP contribution in [0.15, 0.2) is 0 Å². The summed E-state index contributed by atoms with van der Waals surface area (Å²) in [7, 11) is 0. The number of amides is 2. The highest BCUT2D eigenvalue weighted by Gasteiger charge is 2.32. The molecule has 0 spiro atoms. The van der Waals surface area contributed by atoms with E-state index in [2.05, 4.69) is 5.32 Å². The number of rotatable bonds is 6. The molecule has 1 saturated carbocycles. The molecule has 0 radical (unpaired) electrons. The van der Waals surface area contributed by atoms with Crippen molar-refractivity contribution in [3.63, 3.8) is 0 Å². The third kappa shape index (κ3) is 4.19. The lowest BCUT2D eigenvalue weighted by molar-refractivity contribution is -0.137. The first-order valence-electron chi connectivity index (χ1n) is 8.38. The summed E-state index contributed by atoms with van der Waals surface area (Å²) in [5.41, 5.74) is 0. The predicted molar refractivity (Wildman–Crippen MR) is 80.6 cm³/mol. The number of nitrogens with zero attached hydrogens (tertiary/aromatic N) is 1. The van der Waals surface area contributed by atoms with Crippen LogP contribution in [-0.2, 0) is 9.59 Å². The zero-order chi connectivity index (χ0) is 15.2. The molecule has 0 unspecified atom stereocenters. The average molecular weight is 296 g/mol. The fourth-order valence-corrected chi connectivity index (χ4v) is 3.55. The molecular formula is C16H28N2O3. The maximum absolute atomic E-state index is 12.3. The second-order valence-electron chi connectivity index (χ2n) is 6.33. The quantitative estimate of drug-likeness (QED) is 0.779. The number of hydrogen-bond acceptors (Lipinski definition) is 3. The highest BCUT2D eigenvalue weighted by atomic mass is 16.3. The van der Waals surface area contributed by atoms with Crippen LogP contribution in [0.3, 0.4) is 0 Å². The molecule has 1 aliphatic carbocycles. The molecule has 1 aliphatic heterocycles. The van der Waals surface area contributed by atoms with E-state index in [-0.39, 0.29) is 17.9 Å². The van der Waals surface area contributed by atoms with Crippen LogP contribution in [0.4, 0.5) is 0 Å². The third-order valence-electron chi connectivity index (χ3n) is 4.85. The minimum atomic E-state index is -0.457. The Morgan fingerprint density at radius 1 is 1.33 bits per heavy atom. The molecule has 120 valence electrons. The number of nitrogens with one attached hydrogen (secondary N) is 1. The van der Waals surface area contributed by atoms with Crippen LogP contribution in [0.5, 0.6) is 0 Å². The first-order chi connectivity index (χ1) is 10.1. The molecule has 2 aliphatic rings. The SMILES string of the molecule is CC[C@@H](C(=O)NC[C@@H](O)C1CCCCC1)N1CCCC1=O. The predicted octanol–water partition coefficient (Wildman–Crippen LogP) is 1.44. The minimum absolute atomic E-state index is 0.0739. The second-order valence-corrected chi connectivity index (χ2v) is 6.33. The molecule has 2 rings (SSSR count). The van der Waals surface area contributed by atoms with Gasteiger partial charge in [-0.1, -0.05) is 26.2 Å². The van der Waals surface area contributed by atoms with E-state index in [0.29, 0.717) is 31.8 Å². The Morgan fingerprint density at radius 3 is 2.62 bits per heavy atom. The van der Waals surface area contributed by atoms with Crippen LogP contribution in [-0.4, -0.2) is 47.1 Å². The van der Waals surface area contributed by atoms with Gasteiger partial charge in [-0.05, 0) is 31.6 Å². The third-order valence-corrected chi connectivity index (χ3v) is 4.85. The second kappa shape index (κ2) is 7.78. The maximum atomic E-state index is 12.3. The van der Waals surface area contributed by atoms with Crippen LogP contribution >= 0.6 is 0 Å². The number of hydrogen-bond donors (Lipinski definition) is 2. The molecule has 0 aromatic carbocycles. The van der Waals surface area contributed by atoms with E-state index in [1.807, 2.05) is 6.92 Å². The van der Waals surface area contributed by atoms with Crippen molar-refractivity contribution in [2.45, 2.75) is 70.4 Å². The van der Waals surface area contributed by atoms with Gasteiger partial charge in [-0.2, -0.15) is 0 Å². The first kappa shape index (κ1) is 16.3. The molecule has 0 bridgehead atoms. The zero-order valence-electron chi connectivity index (χ0n) is 13.0. The van der Waals surface area contributed by atoms with Crippen LogP contribution in [0.25, 0.3) is 0 Å². The summed E-state index contributed by atoms with van der Waals surface area (Å²) in [6.07, 6.45) is 7.27. The van der Waals surface area contributed by atoms with E-state index in [4.69, 9.17) is 0 Å². The van der Waals surface area contributed by atoms with E-state index in [0.717, 1.165) is 19.3 Å². The average Bonchev–Trinajstić information content (AvgIpc) is 2.92. The number of carbonyl (C=O) groups excluding carboxylic acids is 2. The fraction of sp³-hybridized carbons (Fsp3) is 0.875. The highest BCUT2D eigenvalue weighted by Crippen LogP contribution is 2.26. The fourth-order valence-electron chi connectivity index (χ4n) is 3.55. The van der Waals surface area contributed by atoms with Gasteiger partial charge in [0.25, 0.3) is 0 Å². The molecule has 2 fully saturated rings. The first-order valence-corrected chi connectivity index (χ1v) is 8.38. The monoisotopic (exact) mass is 296 g/mol. The van der Waals surface area contributed by atoms with Crippen LogP contribution < -0.4 is 5.32 Å². The normalized spacial score (nSPS) is 23.1. The summed E-state index contributed by atoms with van der Waals surface area (Å²) in [6.45, 7) is 2.91. The molecule has 5 heteroatoms. The number of aliphatic hydroxyl groups is 1. The van der Waals surface area contributed by atoms with Crippen molar-refractivity contribution in [1.29, 1.82) is 0 Å². The van der Waals surface area contributed by atoms with Crippen molar-refractivity contribution in [1.82, 2.24) is 10.2 Å². The van der Waals surface area contributed by atoms with Gasteiger partial charge in [0.1, 0.15) is 6.04 Å². The van der Waals surface area contributed by atoms with Crippen LogP contribution in [0.2, 0.25) is 0 Å². The zero-order valence-corrected chi connectivity index (χ0v) is 13.0. The Bertz CT molecular complexity index is 367. The summed E-state index contributed by atoms with van der Waals surface area (Å²) in [4.78, 5) is 25.7. The topological polar surface area (TPSA) is 69.6 Å². The molecule has 2 atom stereocenters. The standard InChI is InChI=1S/C16H28N2O3/c1-2-13(18-10-6-9-15(18)20)16(21)17-11-14(19)12-7-4-3-5-8-12/h12-14,19H,2-11H2,1H3,(H,17,21)/t13-,14+/m0/s1. The lowest BCUT2D eigenvalue weighted by Crippen LogP contribution is -2.49. The van der Waals surface area contributed by atoms with Gasteiger partial charge in [0.15, 0.2) is 0 Å². The lowest BCUT2D eigenvalue weighted by Gasteiger charge is -2.29. The highest BCUT2D eigenvalue weighted by molar-refractivity contribution is 5.88. The van der Waals surface area contributed by atoms with Crippen molar-refractivity contribution < 1.29 is 14.7 Å². The summed E-state index contributed by atoms with van der Waals surface area (Å²) < 4.78 is 0. The van der Waals surface area contributed by atoms with E-state index < -0.39 is 6.10 Å². The minimum Gasteiger partial charge on any atom is -0.391 e. The van der Waals surface area contributed by atoms with Gasteiger partial charge in [0.05, 0.1) is 6.10 Å². The van der Waals surface area contributed by atoms with Crippen molar-refractivity contribution in [3.8, 4) is 0 Å². The van der Waals surface area contributed by atoms with E-state index >= 15 is 0 Å². The Hall–Kier alpha value is -1.10. The molecule has 21 heavy (non-hydrogen) atoms. The Labute approximate surface area is 127 Å². The van der Waals surface area contributed by atoms with Gasteiger partial charge in [-0.25, -0.2) is 0 Å². The molecular weight excluding hydrogens is 268 g/mol. The van der Waals surface area contributed by atoms with Crippen LogP contribution in [0.1, 0.15) is 58.3 Å². The van der Waals surface area contributed by atoms with Crippen molar-refractivity contribution in [3.05, 3.63) is 0 Å². The Balaban J connectivity index is 1.80. The van der Waals surface area contributed by atoms with E-state index in [1.54, 1.807) is 4.90 Å². The van der Waals surface area contributed by atoms with Crippen molar-refractivity contribution in [2.24, 2.45) is 5.92 Å². The number of aliphatic hydroxyl groups excluding tert-OH is 1. The van der Waals surface area contributed by atoms with Gasteiger partial charge < -0.3 is 15.3 Å². The molecule has 2 amide bonds. The largest absolute Gasteiger partial charge is 0.391 e. The molecule has 1 saturated heterocycles. The molecule has 0 aromatic rings. The van der Waals surface area contributed by atoms with Crippen molar-refractivity contribution >= 4 is 11.8 Å². The molecule has 1 heterocycles. The van der Waals surface area contributed by atoms with Gasteiger partial charge in [0, 0.05) is 19.5 Å². The summed E-state index contributed by atoms with van der Waals surface area (Å²) in [5.74, 6) is 0.264. The van der Waals surface area contributed by atoms with E-state index in [9.17, 15) is 14.7 Å². The molecule has 5 nitrogen and oxygen atoms in total. The molecule has 2 N–H and O–H groups in total. The molecule has 0 aromatic heterocycles. The summed E-state index contributed by atoms with van der Waals surface area (Å²) in [6, 6.07) is -0.376.